The number of hydrogen-bond donors (Lipinski definition) is 1. The highest BCUT2D eigenvalue weighted by atomic mass is 32.2. The van der Waals surface area contributed by atoms with E-state index in [4.69, 9.17) is 0 Å². The van der Waals surface area contributed by atoms with Gasteiger partial charge in [-0.25, -0.2) is 0 Å². The molecule has 126 valence electrons. The lowest BCUT2D eigenvalue weighted by Crippen LogP contribution is -2.47. The molecule has 0 radical (unpaired) electrons. The van der Waals surface area contributed by atoms with Crippen molar-refractivity contribution in [2.75, 3.05) is 37.7 Å². The molecule has 1 aromatic rings. The van der Waals surface area contributed by atoms with Crippen LogP contribution in [0.5, 0.6) is 0 Å². The molecule has 7 heteroatoms. The van der Waals surface area contributed by atoms with Crippen molar-refractivity contribution in [1.29, 1.82) is 0 Å². The fourth-order valence-electron chi connectivity index (χ4n) is 3.18. The number of Topliss-reactive ketones (excluding diaryl/α,β-unsaturated/α-hetero) is 1. The topological polar surface area (TPSA) is 60.9 Å². The summed E-state index contributed by atoms with van der Waals surface area (Å²) in [6.45, 7) is 4.53. The van der Waals surface area contributed by atoms with Gasteiger partial charge >= 0.3 is 0 Å². The van der Waals surface area contributed by atoms with Gasteiger partial charge in [0, 0.05) is 37.7 Å². The third-order valence-corrected chi connectivity index (χ3v) is 6.50. The van der Waals surface area contributed by atoms with E-state index in [1.54, 1.807) is 11.0 Å². The van der Waals surface area contributed by atoms with Crippen molar-refractivity contribution in [2.24, 2.45) is 0 Å². The van der Waals surface area contributed by atoms with Crippen LogP contribution < -0.4 is 0 Å². The Kier molecular flexibility index (Phi) is 5.41. The maximum absolute atomic E-state index is 12.5. The zero-order valence-electron chi connectivity index (χ0n) is 13.2. The molecule has 0 saturated carbocycles. The van der Waals surface area contributed by atoms with Crippen LogP contribution in [-0.4, -0.2) is 76.4 Å². The van der Waals surface area contributed by atoms with Crippen LogP contribution in [0.1, 0.15) is 22.2 Å². The van der Waals surface area contributed by atoms with Crippen molar-refractivity contribution < 1.29 is 14.7 Å². The number of ketones is 1. The summed E-state index contributed by atoms with van der Waals surface area (Å²) in [5.74, 6) is 2.26. The van der Waals surface area contributed by atoms with E-state index in [0.29, 0.717) is 24.4 Å². The van der Waals surface area contributed by atoms with E-state index in [0.717, 1.165) is 30.2 Å². The Balaban J connectivity index is 1.58. The standard InChI is InChI=1S/C16H22N2O3S2/c1-11(19)15-6-12(10-23-15)7-16(21)18-8-13(14(20)9-18)17-2-4-22-5-3-17/h6,10,13-14,20H,2-5,7-9H2,1H3/t13-,14-/m0/s1. The van der Waals surface area contributed by atoms with E-state index in [2.05, 4.69) is 4.90 Å². The van der Waals surface area contributed by atoms with E-state index in [1.165, 1.54) is 18.3 Å². The number of thioether (sulfide) groups is 1. The molecule has 2 atom stereocenters. The highest BCUT2D eigenvalue weighted by molar-refractivity contribution is 7.99. The third-order valence-electron chi connectivity index (χ3n) is 4.48. The second kappa shape index (κ2) is 7.34. The molecule has 5 nitrogen and oxygen atoms in total. The zero-order valence-corrected chi connectivity index (χ0v) is 14.9. The summed E-state index contributed by atoms with van der Waals surface area (Å²) in [6, 6.07) is 1.87. The number of aliphatic hydroxyl groups excluding tert-OH is 1. The summed E-state index contributed by atoms with van der Waals surface area (Å²) >= 11 is 3.33. The fraction of sp³-hybridized carbons (Fsp3) is 0.625. The molecule has 2 aliphatic rings. The fourth-order valence-corrected chi connectivity index (χ4v) is 4.93. The van der Waals surface area contributed by atoms with Crippen molar-refractivity contribution in [3.63, 3.8) is 0 Å². The number of thiophene rings is 1. The number of likely N-dealkylation sites (tertiary alicyclic amines) is 1. The summed E-state index contributed by atoms with van der Waals surface area (Å²) in [5, 5.41) is 12.2. The molecule has 2 aliphatic heterocycles. The average molecular weight is 354 g/mol. The van der Waals surface area contributed by atoms with Crippen LogP contribution in [0.25, 0.3) is 0 Å². The Morgan fingerprint density at radius 2 is 2.04 bits per heavy atom. The molecule has 2 saturated heterocycles. The lowest BCUT2D eigenvalue weighted by Gasteiger charge is -2.33. The SMILES string of the molecule is CC(=O)c1cc(CC(=O)N2C[C@H](O)[C@@H](N3CCSCC3)C2)cs1. The summed E-state index contributed by atoms with van der Waals surface area (Å²) in [4.78, 5) is 28.6. The van der Waals surface area contributed by atoms with Crippen LogP contribution >= 0.6 is 23.1 Å². The van der Waals surface area contributed by atoms with E-state index < -0.39 is 6.10 Å². The average Bonchev–Trinajstić information content (AvgIpc) is 3.15. The minimum Gasteiger partial charge on any atom is -0.390 e. The monoisotopic (exact) mass is 354 g/mol. The normalized spacial score (nSPS) is 25.7. The number of hydrogen-bond acceptors (Lipinski definition) is 6. The van der Waals surface area contributed by atoms with Gasteiger partial charge in [0.15, 0.2) is 5.78 Å². The molecule has 1 N–H and O–H groups in total. The van der Waals surface area contributed by atoms with Gasteiger partial charge in [-0.05, 0) is 23.9 Å². The molecule has 0 aromatic carbocycles. The van der Waals surface area contributed by atoms with E-state index in [9.17, 15) is 14.7 Å². The van der Waals surface area contributed by atoms with Crippen molar-refractivity contribution in [3.8, 4) is 0 Å². The number of rotatable bonds is 4. The molecule has 23 heavy (non-hydrogen) atoms. The van der Waals surface area contributed by atoms with Crippen molar-refractivity contribution >= 4 is 34.8 Å². The number of carbonyl (C=O) groups excluding carboxylic acids is 2. The first kappa shape index (κ1) is 17.0. The zero-order chi connectivity index (χ0) is 16.4. The molecule has 3 rings (SSSR count). The molecule has 0 spiro atoms. The summed E-state index contributed by atoms with van der Waals surface area (Å²) in [7, 11) is 0. The Hall–Kier alpha value is -0.890. The third kappa shape index (κ3) is 3.96. The van der Waals surface area contributed by atoms with Gasteiger partial charge in [0.05, 0.1) is 23.4 Å². The van der Waals surface area contributed by atoms with Gasteiger partial charge in [-0.15, -0.1) is 11.3 Å². The lowest BCUT2D eigenvalue weighted by molar-refractivity contribution is -0.129. The van der Waals surface area contributed by atoms with Gasteiger partial charge in [0.2, 0.25) is 5.91 Å². The Labute approximate surface area is 144 Å². The first-order valence-electron chi connectivity index (χ1n) is 7.90. The molecule has 3 heterocycles. The number of amides is 1. The molecule has 0 unspecified atom stereocenters. The number of nitrogens with zero attached hydrogens (tertiary/aromatic N) is 2. The van der Waals surface area contributed by atoms with Crippen LogP contribution in [0.2, 0.25) is 0 Å². The summed E-state index contributed by atoms with van der Waals surface area (Å²) < 4.78 is 0. The Morgan fingerprint density at radius 3 is 2.70 bits per heavy atom. The van der Waals surface area contributed by atoms with Crippen LogP contribution in [0.3, 0.4) is 0 Å². The minimum atomic E-state index is -0.461. The Morgan fingerprint density at radius 1 is 1.30 bits per heavy atom. The summed E-state index contributed by atoms with van der Waals surface area (Å²) in [5.41, 5.74) is 0.887. The van der Waals surface area contributed by atoms with Gasteiger partial charge in [-0.3, -0.25) is 14.5 Å². The van der Waals surface area contributed by atoms with E-state index in [1.807, 2.05) is 17.1 Å². The molecule has 2 fully saturated rings. The van der Waals surface area contributed by atoms with Crippen LogP contribution in [-0.2, 0) is 11.2 Å². The van der Waals surface area contributed by atoms with Crippen molar-refractivity contribution in [1.82, 2.24) is 9.80 Å². The first-order chi connectivity index (χ1) is 11.0. The molecule has 1 amide bonds. The van der Waals surface area contributed by atoms with Gasteiger partial charge < -0.3 is 10.0 Å². The van der Waals surface area contributed by atoms with E-state index >= 15 is 0 Å². The molecule has 0 aliphatic carbocycles. The molecular formula is C16H22N2O3S2. The van der Waals surface area contributed by atoms with Gasteiger partial charge in [0.1, 0.15) is 0 Å². The Bertz CT molecular complexity index is 584. The second-order valence-corrected chi connectivity index (χ2v) is 8.27. The number of carbonyl (C=O) groups is 2. The quantitative estimate of drug-likeness (QED) is 0.821. The highest BCUT2D eigenvalue weighted by Gasteiger charge is 2.37. The van der Waals surface area contributed by atoms with Crippen LogP contribution in [0.15, 0.2) is 11.4 Å². The number of β-amino-alcohol motifs (C(OH)–C–C–N with tert-alkyl or cyclic N) is 1. The first-order valence-corrected chi connectivity index (χ1v) is 9.94. The number of aliphatic hydroxyl groups is 1. The predicted molar refractivity (Wildman–Crippen MR) is 93.3 cm³/mol. The smallest absolute Gasteiger partial charge is 0.227 e. The molecule has 1 aromatic heterocycles. The largest absolute Gasteiger partial charge is 0.390 e. The van der Waals surface area contributed by atoms with Crippen molar-refractivity contribution in [3.05, 3.63) is 21.9 Å². The van der Waals surface area contributed by atoms with Gasteiger partial charge in [0.25, 0.3) is 0 Å². The van der Waals surface area contributed by atoms with E-state index in [-0.39, 0.29) is 17.7 Å². The lowest BCUT2D eigenvalue weighted by atomic mass is 10.2. The summed E-state index contributed by atoms with van der Waals surface area (Å²) in [6.07, 6.45) is -0.156. The second-order valence-electron chi connectivity index (χ2n) is 6.13. The van der Waals surface area contributed by atoms with Crippen LogP contribution in [0.4, 0.5) is 0 Å². The van der Waals surface area contributed by atoms with Gasteiger partial charge in [-0.1, -0.05) is 0 Å². The van der Waals surface area contributed by atoms with Crippen molar-refractivity contribution in [2.45, 2.75) is 25.5 Å². The minimum absolute atomic E-state index is 0.0332. The molecular weight excluding hydrogens is 332 g/mol. The highest BCUT2D eigenvalue weighted by Crippen LogP contribution is 2.22. The maximum Gasteiger partial charge on any atom is 0.227 e. The van der Waals surface area contributed by atoms with Gasteiger partial charge in [-0.2, -0.15) is 11.8 Å². The predicted octanol–water partition coefficient (Wildman–Crippen LogP) is 1.11. The maximum atomic E-state index is 12.5. The molecule has 0 bridgehead atoms. The van der Waals surface area contributed by atoms with Crippen LogP contribution in [0, 0.1) is 0 Å².